The van der Waals surface area contributed by atoms with Crippen molar-refractivity contribution in [3.63, 3.8) is 0 Å². The molecule has 5 nitrogen and oxygen atoms in total. The van der Waals surface area contributed by atoms with Gasteiger partial charge in [0.25, 0.3) is 0 Å². The van der Waals surface area contributed by atoms with Crippen LogP contribution in [0.15, 0.2) is 23.2 Å². The zero-order valence-electron chi connectivity index (χ0n) is 14.1. The topological polar surface area (TPSA) is 57.7 Å². The Morgan fingerprint density at radius 3 is 2.62 bits per heavy atom. The average Bonchev–Trinajstić information content (AvgIpc) is 2.56. The molecule has 0 fully saturated rings. The molecule has 1 aliphatic heterocycles. The summed E-state index contributed by atoms with van der Waals surface area (Å²) in [7, 11) is 0. The Bertz CT molecular complexity index is 760. The molecule has 6 heteroatoms. The summed E-state index contributed by atoms with van der Waals surface area (Å²) in [5, 5.41) is 1.88. The molecule has 3 rings (SSSR count). The molecule has 0 N–H and O–H groups in total. The van der Waals surface area contributed by atoms with Gasteiger partial charge in [-0.1, -0.05) is 18.7 Å². The normalized spacial score (nSPS) is 13.3. The minimum atomic E-state index is -0.221. The quantitative estimate of drug-likeness (QED) is 0.608. The largest absolute Gasteiger partial charge is 0.486 e. The summed E-state index contributed by atoms with van der Waals surface area (Å²) in [4.78, 5) is 16.5. The van der Waals surface area contributed by atoms with Crippen LogP contribution >= 0.6 is 11.8 Å². The number of hydrogen-bond donors (Lipinski definition) is 0. The highest BCUT2D eigenvalue weighted by Gasteiger charge is 2.16. The Hall–Kier alpha value is -1.95. The van der Waals surface area contributed by atoms with Crippen LogP contribution in [0.5, 0.6) is 11.5 Å². The summed E-state index contributed by atoms with van der Waals surface area (Å²) in [5.41, 5.74) is 1.96. The number of pyridine rings is 1. The molecule has 0 atom stereocenters. The molecule has 0 amide bonds. The fourth-order valence-corrected chi connectivity index (χ4v) is 3.41. The molecule has 2 heterocycles. The third kappa shape index (κ3) is 3.75. The Balaban J connectivity index is 1.88. The number of carbonyl (C=O) groups excluding carboxylic acids is 1. The summed E-state index contributed by atoms with van der Waals surface area (Å²) in [6, 6.07) is 5.98. The van der Waals surface area contributed by atoms with Crippen molar-refractivity contribution in [1.29, 1.82) is 0 Å². The number of aromatic nitrogens is 1. The van der Waals surface area contributed by atoms with Gasteiger partial charge in [-0.05, 0) is 38.0 Å². The van der Waals surface area contributed by atoms with E-state index >= 15 is 0 Å². The van der Waals surface area contributed by atoms with Gasteiger partial charge in [-0.25, -0.2) is 4.98 Å². The number of nitrogens with zero attached hydrogens (tertiary/aromatic N) is 1. The molecule has 2 aromatic rings. The minimum Gasteiger partial charge on any atom is -0.486 e. The van der Waals surface area contributed by atoms with E-state index in [0.717, 1.165) is 39.4 Å². The molecular weight excluding hydrogens is 326 g/mol. The molecule has 24 heavy (non-hydrogen) atoms. The molecule has 1 aromatic heterocycles. The van der Waals surface area contributed by atoms with Gasteiger partial charge in [-0.3, -0.25) is 4.79 Å². The first kappa shape index (κ1) is 16.9. The number of thioether (sulfide) groups is 1. The third-order valence-electron chi connectivity index (χ3n) is 3.59. The maximum Gasteiger partial charge on any atom is 0.316 e. The number of aryl methyl sites for hydroxylation is 1. The van der Waals surface area contributed by atoms with E-state index in [2.05, 4.69) is 13.0 Å². The molecule has 0 unspecified atom stereocenters. The highest BCUT2D eigenvalue weighted by Crippen LogP contribution is 2.35. The van der Waals surface area contributed by atoms with Crippen LogP contribution in [-0.2, 0) is 16.0 Å². The Morgan fingerprint density at radius 1 is 1.25 bits per heavy atom. The van der Waals surface area contributed by atoms with Crippen molar-refractivity contribution in [3.8, 4) is 11.5 Å². The maximum absolute atomic E-state index is 11.8. The molecule has 1 aromatic carbocycles. The van der Waals surface area contributed by atoms with Crippen LogP contribution < -0.4 is 9.47 Å². The van der Waals surface area contributed by atoms with E-state index in [1.807, 2.05) is 26.0 Å². The van der Waals surface area contributed by atoms with E-state index < -0.39 is 0 Å². The zero-order chi connectivity index (χ0) is 17.1. The van der Waals surface area contributed by atoms with Crippen LogP contribution in [0.25, 0.3) is 10.9 Å². The second kappa shape index (κ2) is 7.30. The summed E-state index contributed by atoms with van der Waals surface area (Å²) >= 11 is 1.42. The highest BCUT2D eigenvalue weighted by molar-refractivity contribution is 7.99. The smallest absolute Gasteiger partial charge is 0.316 e. The molecule has 0 spiro atoms. The van der Waals surface area contributed by atoms with Gasteiger partial charge in [0.2, 0.25) is 0 Å². The monoisotopic (exact) mass is 347 g/mol. The van der Waals surface area contributed by atoms with Crippen LogP contribution in [0.4, 0.5) is 0 Å². The van der Waals surface area contributed by atoms with Crippen molar-refractivity contribution in [2.24, 2.45) is 0 Å². The first-order valence-electron chi connectivity index (χ1n) is 8.12. The number of esters is 1. The lowest BCUT2D eigenvalue weighted by Crippen LogP contribution is -2.15. The van der Waals surface area contributed by atoms with Gasteiger partial charge < -0.3 is 14.2 Å². The van der Waals surface area contributed by atoms with Gasteiger partial charge in [0, 0.05) is 11.5 Å². The van der Waals surface area contributed by atoms with E-state index in [1.54, 1.807) is 0 Å². The number of fused-ring (bicyclic) bond motifs is 2. The summed E-state index contributed by atoms with van der Waals surface area (Å²) in [6.45, 7) is 6.89. The molecule has 0 radical (unpaired) electrons. The number of carbonyl (C=O) groups is 1. The van der Waals surface area contributed by atoms with Gasteiger partial charge in [0.05, 0.1) is 17.4 Å². The van der Waals surface area contributed by atoms with Crippen LogP contribution in [0.2, 0.25) is 0 Å². The van der Waals surface area contributed by atoms with Crippen molar-refractivity contribution in [3.05, 3.63) is 23.8 Å². The Kier molecular flexibility index (Phi) is 5.14. The van der Waals surface area contributed by atoms with Crippen LogP contribution in [0, 0.1) is 0 Å². The van der Waals surface area contributed by atoms with Crippen LogP contribution in [0.1, 0.15) is 26.3 Å². The SMILES string of the molecule is CCc1cc2cc3c(cc2nc1SCC(=O)OC(C)C)OCCO3. The van der Waals surface area contributed by atoms with E-state index in [1.165, 1.54) is 11.8 Å². The van der Waals surface area contributed by atoms with Crippen molar-refractivity contribution in [2.75, 3.05) is 19.0 Å². The van der Waals surface area contributed by atoms with Gasteiger partial charge in [0.1, 0.15) is 18.2 Å². The summed E-state index contributed by atoms with van der Waals surface area (Å²) in [5.74, 6) is 1.52. The molecule has 128 valence electrons. The summed E-state index contributed by atoms with van der Waals surface area (Å²) < 4.78 is 16.4. The fourth-order valence-electron chi connectivity index (χ4n) is 2.54. The predicted octanol–water partition coefficient (Wildman–Crippen LogP) is 3.61. The zero-order valence-corrected chi connectivity index (χ0v) is 14.9. The van der Waals surface area contributed by atoms with Crippen molar-refractivity contribution in [2.45, 2.75) is 38.3 Å². The van der Waals surface area contributed by atoms with Crippen LogP contribution in [-0.4, -0.2) is 36.0 Å². The maximum atomic E-state index is 11.8. The van der Waals surface area contributed by atoms with Crippen LogP contribution in [0.3, 0.4) is 0 Å². The lowest BCUT2D eigenvalue weighted by atomic mass is 10.1. The van der Waals surface area contributed by atoms with E-state index in [0.29, 0.717) is 13.2 Å². The lowest BCUT2D eigenvalue weighted by molar-refractivity contribution is -0.144. The molecular formula is C18H21NO4S. The second-order valence-corrected chi connectivity index (χ2v) is 6.79. The summed E-state index contributed by atoms with van der Waals surface area (Å²) in [6.07, 6.45) is 0.746. The number of hydrogen-bond acceptors (Lipinski definition) is 6. The first-order valence-corrected chi connectivity index (χ1v) is 9.11. The van der Waals surface area contributed by atoms with E-state index in [-0.39, 0.29) is 17.8 Å². The average molecular weight is 347 g/mol. The second-order valence-electron chi connectivity index (χ2n) is 5.82. The minimum absolute atomic E-state index is 0.100. The predicted molar refractivity (Wildman–Crippen MR) is 94.1 cm³/mol. The van der Waals surface area contributed by atoms with Crippen molar-refractivity contribution >= 4 is 28.6 Å². The van der Waals surface area contributed by atoms with Gasteiger partial charge in [0.15, 0.2) is 11.5 Å². The molecule has 0 saturated carbocycles. The molecule has 0 bridgehead atoms. The Labute approximate surface area is 145 Å². The molecule has 0 saturated heterocycles. The molecule has 1 aliphatic rings. The third-order valence-corrected chi connectivity index (χ3v) is 4.60. The Morgan fingerprint density at radius 2 is 1.96 bits per heavy atom. The highest BCUT2D eigenvalue weighted by atomic mass is 32.2. The van der Waals surface area contributed by atoms with Gasteiger partial charge in [-0.2, -0.15) is 0 Å². The molecule has 0 aliphatic carbocycles. The number of benzene rings is 1. The first-order chi connectivity index (χ1) is 11.6. The number of rotatable bonds is 5. The van der Waals surface area contributed by atoms with Gasteiger partial charge in [-0.15, -0.1) is 0 Å². The van der Waals surface area contributed by atoms with E-state index in [4.69, 9.17) is 19.2 Å². The van der Waals surface area contributed by atoms with E-state index in [9.17, 15) is 4.79 Å². The van der Waals surface area contributed by atoms with Crippen molar-refractivity contribution in [1.82, 2.24) is 4.98 Å². The number of ether oxygens (including phenoxy) is 3. The lowest BCUT2D eigenvalue weighted by Gasteiger charge is -2.19. The van der Waals surface area contributed by atoms with Gasteiger partial charge >= 0.3 is 5.97 Å². The van der Waals surface area contributed by atoms with Crippen molar-refractivity contribution < 1.29 is 19.0 Å². The standard InChI is InChI=1S/C18H21NO4S/c1-4-12-7-13-8-15-16(22-6-5-21-15)9-14(13)19-18(12)24-10-17(20)23-11(2)3/h7-9,11H,4-6,10H2,1-3H3. The fraction of sp³-hybridized carbons (Fsp3) is 0.444.